The molecule has 2 aromatic rings. The Morgan fingerprint density at radius 1 is 1.10 bits per heavy atom. The number of hydrogen-bond donors (Lipinski definition) is 1. The maximum Gasteiger partial charge on any atom is 0.0599 e. The number of halogens is 2. The molecule has 112 valence electrons. The molecule has 3 heteroatoms. The summed E-state index contributed by atoms with van der Waals surface area (Å²) in [6.07, 6.45) is 2.15. The van der Waals surface area contributed by atoms with E-state index in [-0.39, 0.29) is 6.04 Å². The van der Waals surface area contributed by atoms with E-state index in [1.807, 2.05) is 12.1 Å². The quantitative estimate of drug-likeness (QED) is 0.686. The second-order valence-electron chi connectivity index (χ2n) is 5.13. The Morgan fingerprint density at radius 2 is 1.81 bits per heavy atom. The molecule has 0 aliphatic heterocycles. The van der Waals surface area contributed by atoms with Crippen molar-refractivity contribution in [3.8, 4) is 0 Å². The van der Waals surface area contributed by atoms with E-state index < -0.39 is 0 Å². The zero-order valence-electron chi connectivity index (χ0n) is 12.5. The molecule has 0 saturated carbocycles. The van der Waals surface area contributed by atoms with Crippen molar-refractivity contribution in [3.63, 3.8) is 0 Å². The standard InChI is InChI=1S/C18H21BrClN/c1-3-12-21-18(14-10-8-13(4-2)9-11-14)15-6-5-7-16(19)17(15)20/h5-11,18,21H,3-4,12H2,1-2H3. The van der Waals surface area contributed by atoms with Crippen LogP contribution in [0.3, 0.4) is 0 Å². The lowest BCUT2D eigenvalue weighted by Crippen LogP contribution is -2.23. The average Bonchev–Trinajstić information content (AvgIpc) is 2.52. The predicted molar refractivity (Wildman–Crippen MR) is 95.1 cm³/mol. The van der Waals surface area contributed by atoms with Gasteiger partial charge in [-0.15, -0.1) is 0 Å². The predicted octanol–water partition coefficient (Wildman–Crippen LogP) is 5.75. The van der Waals surface area contributed by atoms with Gasteiger partial charge in [0.25, 0.3) is 0 Å². The highest BCUT2D eigenvalue weighted by molar-refractivity contribution is 9.10. The van der Waals surface area contributed by atoms with Crippen molar-refractivity contribution < 1.29 is 0 Å². The Labute approximate surface area is 140 Å². The van der Waals surface area contributed by atoms with Crippen LogP contribution >= 0.6 is 27.5 Å². The molecule has 0 bridgehead atoms. The molecule has 0 heterocycles. The van der Waals surface area contributed by atoms with E-state index in [0.717, 1.165) is 34.4 Å². The molecule has 0 aromatic heterocycles. The minimum Gasteiger partial charge on any atom is -0.306 e. The number of aryl methyl sites for hydroxylation is 1. The Kier molecular flexibility index (Phi) is 6.28. The monoisotopic (exact) mass is 365 g/mol. The van der Waals surface area contributed by atoms with Crippen molar-refractivity contribution >= 4 is 27.5 Å². The molecule has 0 fully saturated rings. The largest absolute Gasteiger partial charge is 0.306 e. The van der Waals surface area contributed by atoms with Crippen LogP contribution in [0.25, 0.3) is 0 Å². The van der Waals surface area contributed by atoms with Crippen LogP contribution in [0.15, 0.2) is 46.9 Å². The van der Waals surface area contributed by atoms with Crippen molar-refractivity contribution in [1.82, 2.24) is 5.32 Å². The molecule has 0 aliphatic carbocycles. The van der Waals surface area contributed by atoms with E-state index in [4.69, 9.17) is 11.6 Å². The number of rotatable bonds is 6. The smallest absolute Gasteiger partial charge is 0.0599 e. The van der Waals surface area contributed by atoms with E-state index in [1.165, 1.54) is 11.1 Å². The van der Waals surface area contributed by atoms with E-state index in [0.29, 0.717) is 0 Å². The van der Waals surface area contributed by atoms with Gasteiger partial charge < -0.3 is 5.32 Å². The first kappa shape index (κ1) is 16.5. The van der Waals surface area contributed by atoms with Gasteiger partial charge in [0, 0.05) is 4.47 Å². The third kappa shape index (κ3) is 4.09. The van der Waals surface area contributed by atoms with Crippen molar-refractivity contribution in [2.45, 2.75) is 32.7 Å². The first-order valence-corrected chi connectivity index (χ1v) is 8.60. The van der Waals surface area contributed by atoms with Gasteiger partial charge in [0.1, 0.15) is 0 Å². The van der Waals surface area contributed by atoms with Crippen LogP contribution in [0.1, 0.15) is 43.0 Å². The molecule has 0 saturated heterocycles. The summed E-state index contributed by atoms with van der Waals surface area (Å²) >= 11 is 10.0. The number of hydrogen-bond acceptors (Lipinski definition) is 1. The summed E-state index contributed by atoms with van der Waals surface area (Å²) in [5.74, 6) is 0. The second kappa shape index (κ2) is 7.98. The fourth-order valence-electron chi connectivity index (χ4n) is 2.39. The Bertz CT molecular complexity index is 580. The fourth-order valence-corrected chi connectivity index (χ4v) is 3.00. The van der Waals surface area contributed by atoms with E-state index in [9.17, 15) is 0 Å². The fraction of sp³-hybridized carbons (Fsp3) is 0.333. The topological polar surface area (TPSA) is 12.0 Å². The van der Waals surface area contributed by atoms with Crippen LogP contribution in [-0.2, 0) is 6.42 Å². The highest BCUT2D eigenvalue weighted by atomic mass is 79.9. The van der Waals surface area contributed by atoms with Gasteiger partial charge in [0.15, 0.2) is 0 Å². The molecule has 2 aromatic carbocycles. The molecule has 1 nitrogen and oxygen atoms in total. The Morgan fingerprint density at radius 3 is 2.43 bits per heavy atom. The zero-order chi connectivity index (χ0) is 15.2. The summed E-state index contributed by atoms with van der Waals surface area (Å²) in [5.41, 5.74) is 3.72. The lowest BCUT2D eigenvalue weighted by Gasteiger charge is -2.21. The molecule has 21 heavy (non-hydrogen) atoms. The van der Waals surface area contributed by atoms with Crippen LogP contribution in [0, 0.1) is 0 Å². The first-order valence-electron chi connectivity index (χ1n) is 7.43. The molecule has 2 rings (SSSR count). The third-order valence-corrected chi connectivity index (χ3v) is 4.92. The van der Waals surface area contributed by atoms with E-state index in [1.54, 1.807) is 0 Å². The molecule has 0 amide bonds. The molecule has 0 radical (unpaired) electrons. The molecule has 1 N–H and O–H groups in total. The average molecular weight is 367 g/mol. The minimum absolute atomic E-state index is 0.126. The van der Waals surface area contributed by atoms with Crippen LogP contribution in [-0.4, -0.2) is 6.54 Å². The number of nitrogens with one attached hydrogen (secondary N) is 1. The Balaban J connectivity index is 2.39. The van der Waals surface area contributed by atoms with E-state index >= 15 is 0 Å². The van der Waals surface area contributed by atoms with Crippen LogP contribution in [0.2, 0.25) is 5.02 Å². The summed E-state index contributed by atoms with van der Waals surface area (Å²) in [6, 6.07) is 15.0. The lowest BCUT2D eigenvalue weighted by atomic mass is 9.97. The number of benzene rings is 2. The SMILES string of the molecule is CCCNC(c1ccc(CC)cc1)c1cccc(Br)c1Cl. The highest BCUT2D eigenvalue weighted by Crippen LogP contribution is 2.33. The molecule has 1 unspecified atom stereocenters. The Hall–Kier alpha value is -0.830. The van der Waals surface area contributed by atoms with Gasteiger partial charge >= 0.3 is 0 Å². The van der Waals surface area contributed by atoms with Gasteiger partial charge in [-0.2, -0.15) is 0 Å². The first-order chi connectivity index (χ1) is 10.2. The van der Waals surface area contributed by atoms with Gasteiger partial charge in [-0.05, 0) is 58.1 Å². The van der Waals surface area contributed by atoms with Crippen LogP contribution in [0.5, 0.6) is 0 Å². The zero-order valence-corrected chi connectivity index (χ0v) is 14.8. The summed E-state index contributed by atoms with van der Waals surface area (Å²) in [5, 5.41) is 4.39. The summed E-state index contributed by atoms with van der Waals surface area (Å²) in [4.78, 5) is 0. The van der Waals surface area contributed by atoms with Gasteiger partial charge in [0.05, 0.1) is 11.1 Å². The maximum atomic E-state index is 6.49. The molecular weight excluding hydrogens is 346 g/mol. The molecular formula is C18H21BrClN. The van der Waals surface area contributed by atoms with Crippen molar-refractivity contribution in [2.75, 3.05) is 6.54 Å². The third-order valence-electron chi connectivity index (χ3n) is 3.61. The van der Waals surface area contributed by atoms with Gasteiger partial charge in [-0.25, -0.2) is 0 Å². The second-order valence-corrected chi connectivity index (χ2v) is 6.36. The molecule has 0 spiro atoms. The van der Waals surface area contributed by atoms with Gasteiger partial charge in [-0.3, -0.25) is 0 Å². The summed E-state index contributed by atoms with van der Waals surface area (Å²) in [6.45, 7) is 5.31. The van der Waals surface area contributed by atoms with Gasteiger partial charge in [0.2, 0.25) is 0 Å². The van der Waals surface area contributed by atoms with Crippen molar-refractivity contribution in [1.29, 1.82) is 0 Å². The van der Waals surface area contributed by atoms with Crippen LogP contribution < -0.4 is 5.32 Å². The van der Waals surface area contributed by atoms with Crippen LogP contribution in [0.4, 0.5) is 0 Å². The van der Waals surface area contributed by atoms with Crippen molar-refractivity contribution in [3.05, 3.63) is 68.7 Å². The van der Waals surface area contributed by atoms with Crippen molar-refractivity contribution in [2.24, 2.45) is 0 Å². The minimum atomic E-state index is 0.126. The highest BCUT2D eigenvalue weighted by Gasteiger charge is 2.17. The maximum absolute atomic E-state index is 6.49. The molecule has 0 aliphatic rings. The summed E-state index contributed by atoms with van der Waals surface area (Å²) < 4.78 is 0.940. The van der Waals surface area contributed by atoms with Gasteiger partial charge in [-0.1, -0.05) is 61.8 Å². The van der Waals surface area contributed by atoms with E-state index in [2.05, 4.69) is 65.4 Å². The normalized spacial score (nSPS) is 12.4. The summed E-state index contributed by atoms with van der Waals surface area (Å²) in [7, 11) is 0. The lowest BCUT2D eigenvalue weighted by molar-refractivity contribution is 0.598. The molecule has 1 atom stereocenters.